The van der Waals surface area contributed by atoms with E-state index in [4.69, 9.17) is 4.74 Å². The summed E-state index contributed by atoms with van der Waals surface area (Å²) in [5, 5.41) is 0. The number of rotatable bonds is 4. The first-order valence-electron chi connectivity index (χ1n) is 5.37. The quantitative estimate of drug-likeness (QED) is 0.703. The summed E-state index contributed by atoms with van der Waals surface area (Å²) in [5.74, 6) is 0.570. The Morgan fingerprint density at radius 1 is 1.33 bits per heavy atom. The van der Waals surface area contributed by atoms with E-state index in [2.05, 4.69) is 50.9 Å². The molecule has 0 spiro atoms. The Labute approximate surface area is 92.9 Å². The van der Waals surface area contributed by atoms with Gasteiger partial charge in [0.1, 0.15) is 6.73 Å². The number of nitrogens with zero attached hydrogens (tertiary/aromatic N) is 1. The van der Waals surface area contributed by atoms with Gasteiger partial charge in [-0.3, -0.25) is 0 Å². The molecule has 0 bridgehead atoms. The van der Waals surface area contributed by atoms with Crippen molar-refractivity contribution in [2.24, 2.45) is 0 Å². The highest BCUT2D eigenvalue weighted by Crippen LogP contribution is 2.24. The largest absolute Gasteiger partial charge is 0.364 e. The van der Waals surface area contributed by atoms with Crippen molar-refractivity contribution in [3.63, 3.8) is 0 Å². The van der Waals surface area contributed by atoms with Crippen LogP contribution >= 0.6 is 0 Å². The van der Waals surface area contributed by atoms with Gasteiger partial charge in [-0.15, -0.1) is 0 Å². The van der Waals surface area contributed by atoms with E-state index in [1.165, 1.54) is 16.8 Å². The number of aryl methyl sites for hydroxylation is 1. The molecule has 2 nitrogen and oxygen atoms in total. The molecule has 0 aromatic heterocycles. The topological polar surface area (TPSA) is 12.5 Å². The number of ether oxygens (including phenoxy) is 1. The molecule has 15 heavy (non-hydrogen) atoms. The molecular formula is C13H21NO. The second-order valence-electron chi connectivity index (χ2n) is 4.32. The number of methoxy groups -OCH3 is 1. The van der Waals surface area contributed by atoms with Crippen molar-refractivity contribution < 1.29 is 4.74 Å². The Kier molecular flexibility index (Phi) is 4.15. The standard InChI is InChI=1S/C13H21NO/c1-10(2)12-7-6-11(3)13(8-12)14(4)9-15-5/h6-8,10H,9H2,1-5H3. The molecule has 0 atom stereocenters. The average molecular weight is 207 g/mol. The first-order valence-corrected chi connectivity index (χ1v) is 5.37. The summed E-state index contributed by atoms with van der Waals surface area (Å²) in [7, 11) is 3.77. The summed E-state index contributed by atoms with van der Waals surface area (Å²) in [5.41, 5.74) is 3.92. The fourth-order valence-corrected chi connectivity index (χ4v) is 1.66. The maximum Gasteiger partial charge on any atom is 0.118 e. The summed E-state index contributed by atoms with van der Waals surface area (Å²) in [4.78, 5) is 2.13. The molecule has 2 heteroatoms. The van der Waals surface area contributed by atoms with E-state index >= 15 is 0 Å². The van der Waals surface area contributed by atoms with Crippen LogP contribution < -0.4 is 4.90 Å². The molecule has 0 radical (unpaired) electrons. The molecule has 0 saturated carbocycles. The molecule has 1 rings (SSSR count). The fourth-order valence-electron chi connectivity index (χ4n) is 1.66. The van der Waals surface area contributed by atoms with E-state index < -0.39 is 0 Å². The maximum absolute atomic E-state index is 5.14. The zero-order valence-corrected chi connectivity index (χ0v) is 10.4. The van der Waals surface area contributed by atoms with Crippen molar-refractivity contribution in [2.45, 2.75) is 26.7 Å². The van der Waals surface area contributed by atoms with Crippen LogP contribution in [0.25, 0.3) is 0 Å². The summed E-state index contributed by atoms with van der Waals surface area (Å²) in [6.07, 6.45) is 0. The first kappa shape index (κ1) is 12.1. The Bertz CT molecular complexity index is 320. The SMILES string of the molecule is COCN(C)c1cc(C(C)C)ccc1C. The second-order valence-corrected chi connectivity index (χ2v) is 4.32. The first-order chi connectivity index (χ1) is 7.06. The maximum atomic E-state index is 5.14. The fraction of sp³-hybridized carbons (Fsp3) is 0.538. The molecule has 1 aromatic carbocycles. The molecule has 0 aliphatic heterocycles. The van der Waals surface area contributed by atoms with Gasteiger partial charge in [-0.2, -0.15) is 0 Å². The van der Waals surface area contributed by atoms with Crippen LogP contribution in [0.1, 0.15) is 30.9 Å². The van der Waals surface area contributed by atoms with Gasteiger partial charge in [-0.1, -0.05) is 26.0 Å². The van der Waals surface area contributed by atoms with Crippen LogP contribution in [0, 0.1) is 6.92 Å². The Morgan fingerprint density at radius 3 is 2.53 bits per heavy atom. The minimum atomic E-state index is 0.570. The molecule has 84 valence electrons. The van der Waals surface area contributed by atoms with Gasteiger partial charge in [0.25, 0.3) is 0 Å². The van der Waals surface area contributed by atoms with Gasteiger partial charge in [0.05, 0.1) is 0 Å². The van der Waals surface area contributed by atoms with Crippen LogP contribution in [0.2, 0.25) is 0 Å². The zero-order chi connectivity index (χ0) is 11.4. The van der Waals surface area contributed by atoms with Gasteiger partial charge in [0, 0.05) is 19.8 Å². The molecule has 0 amide bonds. The molecule has 0 saturated heterocycles. The monoisotopic (exact) mass is 207 g/mol. The van der Waals surface area contributed by atoms with Crippen LogP contribution in [-0.2, 0) is 4.74 Å². The van der Waals surface area contributed by atoms with Crippen molar-refractivity contribution in [3.05, 3.63) is 29.3 Å². The molecule has 0 N–H and O–H groups in total. The summed E-state index contributed by atoms with van der Waals surface area (Å²) < 4.78 is 5.14. The molecule has 0 unspecified atom stereocenters. The lowest BCUT2D eigenvalue weighted by Crippen LogP contribution is -2.20. The highest BCUT2D eigenvalue weighted by atomic mass is 16.5. The number of hydrogen-bond acceptors (Lipinski definition) is 2. The van der Waals surface area contributed by atoms with Crippen molar-refractivity contribution in [1.82, 2.24) is 0 Å². The molecular weight excluding hydrogens is 186 g/mol. The van der Waals surface area contributed by atoms with E-state index in [1.54, 1.807) is 7.11 Å². The van der Waals surface area contributed by atoms with Gasteiger partial charge in [-0.25, -0.2) is 0 Å². The van der Waals surface area contributed by atoms with Crippen LogP contribution in [0.15, 0.2) is 18.2 Å². The number of benzene rings is 1. The molecule has 0 aliphatic carbocycles. The van der Waals surface area contributed by atoms with Crippen molar-refractivity contribution >= 4 is 5.69 Å². The van der Waals surface area contributed by atoms with Gasteiger partial charge >= 0.3 is 0 Å². The van der Waals surface area contributed by atoms with E-state index in [-0.39, 0.29) is 0 Å². The van der Waals surface area contributed by atoms with Gasteiger partial charge in [0.2, 0.25) is 0 Å². The minimum Gasteiger partial charge on any atom is -0.364 e. The third-order valence-electron chi connectivity index (χ3n) is 2.63. The smallest absolute Gasteiger partial charge is 0.118 e. The Morgan fingerprint density at radius 2 is 2.00 bits per heavy atom. The predicted octanol–water partition coefficient (Wildman–Crippen LogP) is 3.16. The number of anilines is 1. The highest BCUT2D eigenvalue weighted by molar-refractivity contribution is 5.54. The molecule has 0 heterocycles. The lowest BCUT2D eigenvalue weighted by Gasteiger charge is -2.21. The second kappa shape index (κ2) is 5.17. The van der Waals surface area contributed by atoms with E-state index in [0.29, 0.717) is 12.6 Å². The van der Waals surface area contributed by atoms with Crippen molar-refractivity contribution in [3.8, 4) is 0 Å². The highest BCUT2D eigenvalue weighted by Gasteiger charge is 2.07. The minimum absolute atomic E-state index is 0.570. The lowest BCUT2D eigenvalue weighted by molar-refractivity contribution is 0.202. The zero-order valence-electron chi connectivity index (χ0n) is 10.4. The van der Waals surface area contributed by atoms with Gasteiger partial charge in [0.15, 0.2) is 0 Å². The Hall–Kier alpha value is -1.02. The van der Waals surface area contributed by atoms with Crippen LogP contribution in [-0.4, -0.2) is 20.9 Å². The number of hydrogen-bond donors (Lipinski definition) is 0. The molecule has 0 fully saturated rings. The average Bonchev–Trinajstić information content (AvgIpc) is 2.18. The summed E-state index contributed by atoms with van der Waals surface area (Å²) in [6, 6.07) is 6.62. The molecule has 1 aromatic rings. The third-order valence-corrected chi connectivity index (χ3v) is 2.63. The van der Waals surface area contributed by atoms with Crippen molar-refractivity contribution in [1.29, 1.82) is 0 Å². The van der Waals surface area contributed by atoms with E-state index in [9.17, 15) is 0 Å². The summed E-state index contributed by atoms with van der Waals surface area (Å²) >= 11 is 0. The summed E-state index contributed by atoms with van der Waals surface area (Å²) in [6.45, 7) is 7.18. The van der Waals surface area contributed by atoms with Crippen LogP contribution in [0.4, 0.5) is 5.69 Å². The lowest BCUT2D eigenvalue weighted by atomic mass is 10.0. The normalized spacial score (nSPS) is 10.8. The van der Waals surface area contributed by atoms with Gasteiger partial charge in [-0.05, 0) is 30.0 Å². The Balaban J connectivity index is 2.99. The predicted molar refractivity (Wildman–Crippen MR) is 65.5 cm³/mol. The van der Waals surface area contributed by atoms with E-state index in [0.717, 1.165) is 0 Å². The van der Waals surface area contributed by atoms with Crippen LogP contribution in [0.5, 0.6) is 0 Å². The van der Waals surface area contributed by atoms with Gasteiger partial charge < -0.3 is 9.64 Å². The molecule has 0 aliphatic rings. The third kappa shape index (κ3) is 2.96. The van der Waals surface area contributed by atoms with E-state index in [1.807, 2.05) is 0 Å². The van der Waals surface area contributed by atoms with Crippen molar-refractivity contribution in [2.75, 3.05) is 25.8 Å². The van der Waals surface area contributed by atoms with Crippen LogP contribution in [0.3, 0.4) is 0 Å².